The maximum absolute atomic E-state index is 13.8. The van der Waals surface area contributed by atoms with Crippen LogP contribution in [-0.2, 0) is 0 Å². The molecule has 0 saturated heterocycles. The molecule has 22 heavy (non-hydrogen) atoms. The highest BCUT2D eigenvalue weighted by molar-refractivity contribution is 5.93. The lowest BCUT2D eigenvalue weighted by molar-refractivity contribution is 0.0696. The van der Waals surface area contributed by atoms with Crippen LogP contribution in [0.4, 0.5) is 10.3 Å². The fourth-order valence-electron chi connectivity index (χ4n) is 2.69. The minimum absolute atomic E-state index is 0.143. The molecule has 1 aromatic heterocycles. The number of fused-ring (bicyclic) bond motifs is 1. The summed E-state index contributed by atoms with van der Waals surface area (Å²) >= 11 is 0. The molecule has 1 aliphatic carbocycles. The van der Waals surface area contributed by atoms with Gasteiger partial charge in [-0.3, -0.25) is 0 Å². The Balaban J connectivity index is 1.87. The predicted molar refractivity (Wildman–Crippen MR) is 78.3 cm³/mol. The Labute approximate surface area is 126 Å². The van der Waals surface area contributed by atoms with Crippen molar-refractivity contribution in [3.05, 3.63) is 29.7 Å². The monoisotopic (exact) mass is 305 g/mol. The normalized spacial score (nSPS) is 21.7. The fraction of sp³-hybridized carbons (Fsp3) is 0.400. The van der Waals surface area contributed by atoms with Crippen molar-refractivity contribution in [2.24, 2.45) is 0 Å². The Hall–Kier alpha value is -2.28. The number of hydrogen-bond acceptors (Lipinski definition) is 5. The van der Waals surface area contributed by atoms with Gasteiger partial charge in [0.25, 0.3) is 0 Å². The lowest BCUT2D eigenvalue weighted by Crippen LogP contribution is -2.28. The number of rotatable bonds is 3. The lowest BCUT2D eigenvalue weighted by Gasteiger charge is -2.26. The first-order chi connectivity index (χ1) is 10.5. The van der Waals surface area contributed by atoms with Gasteiger partial charge in [-0.2, -0.15) is 0 Å². The van der Waals surface area contributed by atoms with Crippen molar-refractivity contribution in [2.75, 3.05) is 5.32 Å². The second-order valence-corrected chi connectivity index (χ2v) is 5.54. The lowest BCUT2D eigenvalue weighted by atomic mass is 9.93. The van der Waals surface area contributed by atoms with E-state index in [1.54, 1.807) is 0 Å². The van der Waals surface area contributed by atoms with E-state index in [-0.39, 0.29) is 28.6 Å². The standard InChI is InChI=1S/C15H16FN3O3/c16-12-5-8(14(21)22)6-13-11(12)7-17-15(19-13)18-9-1-3-10(20)4-2-9/h5-7,9-10,20H,1-4H2,(H,21,22)(H,17,18,19). The summed E-state index contributed by atoms with van der Waals surface area (Å²) in [5.41, 5.74) is 0.112. The number of aromatic carboxylic acids is 1. The van der Waals surface area contributed by atoms with Crippen LogP contribution in [0.2, 0.25) is 0 Å². The van der Waals surface area contributed by atoms with Gasteiger partial charge >= 0.3 is 5.97 Å². The summed E-state index contributed by atoms with van der Waals surface area (Å²) in [5, 5.41) is 21.8. The van der Waals surface area contributed by atoms with E-state index >= 15 is 0 Å². The molecule has 0 aliphatic heterocycles. The van der Waals surface area contributed by atoms with E-state index in [1.165, 1.54) is 12.3 Å². The van der Waals surface area contributed by atoms with E-state index in [0.29, 0.717) is 5.95 Å². The second-order valence-electron chi connectivity index (χ2n) is 5.54. The van der Waals surface area contributed by atoms with Crippen LogP contribution in [0.5, 0.6) is 0 Å². The largest absolute Gasteiger partial charge is 0.478 e. The highest BCUT2D eigenvalue weighted by Gasteiger charge is 2.20. The fourth-order valence-corrected chi connectivity index (χ4v) is 2.69. The highest BCUT2D eigenvalue weighted by Crippen LogP contribution is 2.23. The number of carboxylic acids is 1. The number of nitrogens with one attached hydrogen (secondary N) is 1. The van der Waals surface area contributed by atoms with Crippen LogP contribution in [0.25, 0.3) is 10.9 Å². The van der Waals surface area contributed by atoms with Crippen LogP contribution < -0.4 is 5.32 Å². The average molecular weight is 305 g/mol. The smallest absolute Gasteiger partial charge is 0.335 e. The van der Waals surface area contributed by atoms with Gasteiger partial charge in [0.1, 0.15) is 5.82 Å². The molecule has 0 radical (unpaired) electrons. The Bertz CT molecular complexity index is 714. The van der Waals surface area contributed by atoms with Gasteiger partial charge < -0.3 is 15.5 Å². The molecule has 1 fully saturated rings. The van der Waals surface area contributed by atoms with Crippen LogP contribution in [-0.4, -0.2) is 38.3 Å². The number of aliphatic hydroxyl groups excluding tert-OH is 1. The second kappa shape index (κ2) is 5.84. The molecule has 3 rings (SSSR count). The number of carbonyl (C=O) groups is 1. The summed E-state index contributed by atoms with van der Waals surface area (Å²) < 4.78 is 13.8. The molecule has 1 aromatic carbocycles. The van der Waals surface area contributed by atoms with Crippen LogP contribution in [0.1, 0.15) is 36.0 Å². The van der Waals surface area contributed by atoms with Gasteiger partial charge in [-0.15, -0.1) is 0 Å². The topological polar surface area (TPSA) is 95.3 Å². The Kier molecular flexibility index (Phi) is 3.89. The van der Waals surface area contributed by atoms with Gasteiger partial charge in [0.05, 0.1) is 22.6 Å². The first-order valence-electron chi connectivity index (χ1n) is 7.17. The number of halogens is 1. The van der Waals surface area contributed by atoms with E-state index in [1.807, 2.05) is 0 Å². The summed E-state index contributed by atoms with van der Waals surface area (Å²) in [4.78, 5) is 19.3. The molecule has 7 heteroatoms. The van der Waals surface area contributed by atoms with Crippen LogP contribution in [0.3, 0.4) is 0 Å². The van der Waals surface area contributed by atoms with Crippen LogP contribution >= 0.6 is 0 Å². The Morgan fingerprint density at radius 1 is 1.27 bits per heavy atom. The zero-order valence-corrected chi connectivity index (χ0v) is 11.8. The predicted octanol–water partition coefficient (Wildman–Crippen LogP) is 2.18. The van der Waals surface area contributed by atoms with Gasteiger partial charge in [0.15, 0.2) is 0 Å². The highest BCUT2D eigenvalue weighted by atomic mass is 19.1. The van der Waals surface area contributed by atoms with Gasteiger partial charge in [0, 0.05) is 12.2 Å². The summed E-state index contributed by atoms with van der Waals surface area (Å²) in [6, 6.07) is 2.45. The number of hydrogen-bond donors (Lipinski definition) is 3. The zero-order valence-electron chi connectivity index (χ0n) is 11.8. The minimum atomic E-state index is -1.20. The molecule has 0 spiro atoms. The van der Waals surface area contributed by atoms with E-state index in [4.69, 9.17) is 5.11 Å². The SMILES string of the molecule is O=C(O)c1cc(F)c2cnc(NC3CCC(O)CC3)nc2c1. The third kappa shape index (κ3) is 2.99. The summed E-state index contributed by atoms with van der Waals surface area (Å²) in [6.07, 6.45) is 4.18. The first-order valence-corrected chi connectivity index (χ1v) is 7.17. The molecule has 1 saturated carbocycles. The number of nitrogens with zero attached hydrogens (tertiary/aromatic N) is 2. The molecular formula is C15H16FN3O3. The van der Waals surface area contributed by atoms with Gasteiger partial charge in [-0.05, 0) is 37.8 Å². The Morgan fingerprint density at radius 3 is 2.68 bits per heavy atom. The maximum Gasteiger partial charge on any atom is 0.335 e. The van der Waals surface area contributed by atoms with E-state index in [9.17, 15) is 14.3 Å². The number of anilines is 1. The van der Waals surface area contributed by atoms with Crippen molar-refractivity contribution in [3.63, 3.8) is 0 Å². The molecule has 1 aliphatic rings. The number of benzene rings is 1. The zero-order chi connectivity index (χ0) is 15.7. The first kappa shape index (κ1) is 14.6. The van der Waals surface area contributed by atoms with Crippen molar-refractivity contribution in [2.45, 2.75) is 37.8 Å². The molecule has 116 valence electrons. The molecule has 2 aromatic rings. The molecule has 0 amide bonds. The average Bonchev–Trinajstić information content (AvgIpc) is 2.49. The third-order valence-electron chi connectivity index (χ3n) is 3.93. The van der Waals surface area contributed by atoms with E-state index in [2.05, 4.69) is 15.3 Å². The van der Waals surface area contributed by atoms with Crippen molar-refractivity contribution in [1.29, 1.82) is 0 Å². The maximum atomic E-state index is 13.8. The molecule has 6 nitrogen and oxygen atoms in total. The third-order valence-corrected chi connectivity index (χ3v) is 3.93. The van der Waals surface area contributed by atoms with Crippen molar-refractivity contribution < 1.29 is 19.4 Å². The van der Waals surface area contributed by atoms with Crippen LogP contribution in [0.15, 0.2) is 18.3 Å². The van der Waals surface area contributed by atoms with Crippen LogP contribution in [0, 0.1) is 5.82 Å². The van der Waals surface area contributed by atoms with E-state index < -0.39 is 11.8 Å². The van der Waals surface area contributed by atoms with Gasteiger partial charge in [0.2, 0.25) is 5.95 Å². The number of aliphatic hydroxyl groups is 1. The van der Waals surface area contributed by atoms with E-state index in [0.717, 1.165) is 31.7 Å². The number of carboxylic acid groups (broad SMARTS) is 1. The van der Waals surface area contributed by atoms with Gasteiger partial charge in [-0.25, -0.2) is 19.2 Å². The molecule has 0 atom stereocenters. The molecule has 3 N–H and O–H groups in total. The van der Waals surface area contributed by atoms with Crippen molar-refractivity contribution >= 4 is 22.8 Å². The minimum Gasteiger partial charge on any atom is -0.478 e. The molecule has 1 heterocycles. The molecule has 0 unspecified atom stereocenters. The summed E-state index contributed by atoms with van der Waals surface area (Å²) in [6.45, 7) is 0. The van der Waals surface area contributed by atoms with Crippen molar-refractivity contribution in [1.82, 2.24) is 9.97 Å². The molecule has 0 bridgehead atoms. The number of aromatic nitrogens is 2. The summed E-state index contributed by atoms with van der Waals surface area (Å²) in [5.74, 6) is -1.51. The quantitative estimate of drug-likeness (QED) is 0.804. The molecular weight excluding hydrogens is 289 g/mol. The van der Waals surface area contributed by atoms with Crippen molar-refractivity contribution in [3.8, 4) is 0 Å². The van der Waals surface area contributed by atoms with Gasteiger partial charge in [-0.1, -0.05) is 0 Å². The summed E-state index contributed by atoms with van der Waals surface area (Å²) in [7, 11) is 0. The Morgan fingerprint density at radius 2 is 2.00 bits per heavy atom.